The Hall–Kier alpha value is -1.64. The number of carbonyl (C=O) groups excluding carboxylic acids is 2. The first kappa shape index (κ1) is 31.4. The van der Waals surface area contributed by atoms with Crippen LogP contribution in [0.15, 0.2) is 37.0 Å². The van der Waals surface area contributed by atoms with Crippen LogP contribution in [-0.4, -0.2) is 77.9 Å². The van der Waals surface area contributed by atoms with Crippen molar-refractivity contribution in [1.29, 1.82) is 0 Å². The molecule has 0 bridgehead atoms. The second-order valence-corrected chi connectivity index (χ2v) is 8.81. The minimum absolute atomic E-state index is 0.0891. The molecule has 2 saturated heterocycles. The number of ether oxygens (including phenoxy) is 3. The first-order chi connectivity index (χ1) is 17.0. The molecule has 3 aliphatic rings. The number of hydrogen-bond acceptors (Lipinski definition) is 5. The third kappa shape index (κ3) is 9.07. The Kier molecular flexibility index (Phi) is 15.2. The summed E-state index contributed by atoms with van der Waals surface area (Å²) in [5.74, 6) is -0.439. The standard InChI is InChI=1S/C23H33BrN2O5.2C2H6/c1-3-6-18(4-2)17-29-22(28)25-11-8-19(9-12-25)26(21(27)16-24)20-7-5-10-23(15-20)30-13-14-31-23;2*1-2/h3-4,6,19-20H,1-2,5,7-17H2;2*1-2H3/b18-6+;;. The summed E-state index contributed by atoms with van der Waals surface area (Å²) in [6, 6.07) is 0.194. The highest BCUT2D eigenvalue weighted by atomic mass is 79.9. The van der Waals surface area contributed by atoms with Crippen LogP contribution >= 0.6 is 15.9 Å². The molecule has 2 heterocycles. The van der Waals surface area contributed by atoms with Gasteiger partial charge in [-0.15, -0.1) is 0 Å². The second-order valence-electron chi connectivity index (χ2n) is 8.25. The van der Waals surface area contributed by atoms with Crippen molar-refractivity contribution in [2.75, 3.05) is 38.2 Å². The molecule has 1 atom stereocenters. The van der Waals surface area contributed by atoms with Crippen LogP contribution in [0.5, 0.6) is 0 Å². The van der Waals surface area contributed by atoms with Gasteiger partial charge in [0.1, 0.15) is 6.61 Å². The molecule has 3 rings (SSSR count). The fourth-order valence-electron chi connectivity index (χ4n) is 4.83. The number of rotatable bonds is 7. The third-order valence-corrected chi connectivity index (χ3v) is 6.80. The highest BCUT2D eigenvalue weighted by Crippen LogP contribution is 2.39. The average Bonchev–Trinajstić information content (AvgIpc) is 3.36. The molecule has 0 radical (unpaired) electrons. The third-order valence-electron chi connectivity index (χ3n) is 6.32. The second kappa shape index (κ2) is 16.9. The minimum Gasteiger partial charge on any atom is -0.445 e. The highest BCUT2D eigenvalue weighted by molar-refractivity contribution is 9.09. The summed E-state index contributed by atoms with van der Waals surface area (Å²) in [6.07, 6.45) is 9.73. The molecule has 0 aromatic carbocycles. The Morgan fingerprint density at radius 1 is 1.09 bits per heavy atom. The summed E-state index contributed by atoms with van der Waals surface area (Å²) in [5, 5.41) is 0.292. The molecule has 2 aliphatic heterocycles. The minimum atomic E-state index is -0.528. The first-order valence-corrected chi connectivity index (χ1v) is 14.1. The number of hydrogen-bond donors (Lipinski definition) is 0. The molecule has 3 fully saturated rings. The lowest BCUT2D eigenvalue weighted by molar-refractivity contribution is -0.192. The molecule has 0 aromatic rings. The molecule has 1 saturated carbocycles. The number of carbonyl (C=O) groups is 2. The van der Waals surface area contributed by atoms with Crippen LogP contribution in [0.3, 0.4) is 0 Å². The van der Waals surface area contributed by atoms with E-state index in [0.29, 0.717) is 38.1 Å². The summed E-state index contributed by atoms with van der Waals surface area (Å²) in [4.78, 5) is 29.1. The van der Waals surface area contributed by atoms with Gasteiger partial charge in [-0.1, -0.05) is 75.0 Å². The molecule has 1 spiro atoms. The Morgan fingerprint density at radius 2 is 1.71 bits per heavy atom. The molecule has 0 N–H and O–H groups in total. The van der Waals surface area contributed by atoms with E-state index < -0.39 is 5.79 Å². The number of halogens is 1. The maximum atomic E-state index is 12.9. The van der Waals surface area contributed by atoms with E-state index in [1.165, 1.54) is 0 Å². The van der Waals surface area contributed by atoms with Crippen LogP contribution in [-0.2, 0) is 19.0 Å². The molecule has 35 heavy (non-hydrogen) atoms. The van der Waals surface area contributed by atoms with Gasteiger partial charge < -0.3 is 24.0 Å². The molecule has 1 unspecified atom stereocenters. The van der Waals surface area contributed by atoms with E-state index >= 15 is 0 Å². The van der Waals surface area contributed by atoms with Gasteiger partial charge in [0.2, 0.25) is 5.91 Å². The molecule has 7 nitrogen and oxygen atoms in total. The zero-order valence-corrected chi connectivity index (χ0v) is 23.7. The first-order valence-electron chi connectivity index (χ1n) is 13.0. The number of piperidine rings is 1. The van der Waals surface area contributed by atoms with Gasteiger partial charge in [-0.25, -0.2) is 4.79 Å². The number of amides is 2. The lowest BCUT2D eigenvalue weighted by atomic mass is 9.87. The molecular weight excluding hydrogens is 512 g/mol. The van der Waals surface area contributed by atoms with E-state index in [4.69, 9.17) is 14.2 Å². The van der Waals surface area contributed by atoms with E-state index in [1.807, 2.05) is 32.6 Å². The van der Waals surface area contributed by atoms with Crippen molar-refractivity contribution >= 4 is 27.9 Å². The van der Waals surface area contributed by atoms with Crippen molar-refractivity contribution < 1.29 is 23.8 Å². The molecule has 2 amide bonds. The zero-order valence-electron chi connectivity index (χ0n) is 22.1. The predicted molar refractivity (Wildman–Crippen MR) is 145 cm³/mol. The quantitative estimate of drug-likeness (QED) is 0.290. The monoisotopic (exact) mass is 556 g/mol. The molecule has 200 valence electrons. The van der Waals surface area contributed by atoms with E-state index in [1.54, 1.807) is 23.1 Å². The van der Waals surface area contributed by atoms with Crippen LogP contribution in [0.4, 0.5) is 4.79 Å². The Labute approximate surface area is 220 Å². The van der Waals surface area contributed by atoms with Crippen LogP contribution < -0.4 is 0 Å². The van der Waals surface area contributed by atoms with Crippen LogP contribution in [0.1, 0.15) is 66.2 Å². The lowest BCUT2D eigenvalue weighted by Crippen LogP contribution is -2.56. The van der Waals surface area contributed by atoms with Crippen molar-refractivity contribution in [3.8, 4) is 0 Å². The van der Waals surface area contributed by atoms with Gasteiger partial charge in [0.15, 0.2) is 5.79 Å². The summed E-state index contributed by atoms with van der Waals surface area (Å²) >= 11 is 3.35. The predicted octanol–water partition coefficient (Wildman–Crippen LogP) is 5.85. The van der Waals surface area contributed by atoms with Crippen LogP contribution in [0, 0.1) is 0 Å². The van der Waals surface area contributed by atoms with Crippen LogP contribution in [0.2, 0.25) is 0 Å². The van der Waals surface area contributed by atoms with Crippen LogP contribution in [0.25, 0.3) is 0 Å². The Bertz CT molecular complexity index is 698. The van der Waals surface area contributed by atoms with Crippen molar-refractivity contribution in [1.82, 2.24) is 9.80 Å². The topological polar surface area (TPSA) is 68.3 Å². The maximum Gasteiger partial charge on any atom is 0.410 e. The maximum absolute atomic E-state index is 12.9. The van der Waals surface area contributed by atoms with Crippen molar-refractivity contribution in [2.45, 2.75) is 84.1 Å². The Morgan fingerprint density at radius 3 is 2.26 bits per heavy atom. The van der Waals surface area contributed by atoms with Gasteiger partial charge in [-0.05, 0) is 31.3 Å². The summed E-state index contributed by atoms with van der Waals surface area (Å²) in [7, 11) is 0. The SMILES string of the molecule is C=C/C=C(\C=C)COC(=O)N1CCC(N(C(=O)CBr)C2CCCC3(C2)OCCO3)CC1.CC.CC. The van der Waals surface area contributed by atoms with Gasteiger partial charge in [0.25, 0.3) is 0 Å². The fraction of sp³-hybridized carbons (Fsp3) is 0.704. The van der Waals surface area contributed by atoms with E-state index in [0.717, 1.165) is 37.7 Å². The zero-order chi connectivity index (χ0) is 26.3. The number of nitrogens with zero attached hydrogens (tertiary/aromatic N) is 2. The number of likely N-dealkylation sites (tertiary alicyclic amines) is 1. The summed E-state index contributed by atoms with van der Waals surface area (Å²) in [6.45, 7) is 17.9. The van der Waals surface area contributed by atoms with Crippen molar-refractivity contribution in [3.63, 3.8) is 0 Å². The lowest BCUT2D eigenvalue weighted by Gasteiger charge is -2.46. The molecule has 8 heteroatoms. The number of alkyl halides is 1. The van der Waals surface area contributed by atoms with Crippen molar-refractivity contribution in [3.05, 3.63) is 37.0 Å². The number of allylic oxidation sites excluding steroid dienone is 2. The largest absolute Gasteiger partial charge is 0.445 e. The molecule has 1 aliphatic carbocycles. The Balaban J connectivity index is 0.00000145. The van der Waals surface area contributed by atoms with E-state index in [-0.39, 0.29) is 30.7 Å². The molecular formula is C27H45BrN2O5. The van der Waals surface area contributed by atoms with Crippen molar-refractivity contribution in [2.24, 2.45) is 0 Å². The summed E-state index contributed by atoms with van der Waals surface area (Å²) in [5.41, 5.74) is 0.801. The highest BCUT2D eigenvalue weighted by Gasteiger charge is 2.45. The normalized spacial score (nSPS) is 21.7. The van der Waals surface area contributed by atoms with E-state index in [2.05, 4.69) is 29.1 Å². The van der Waals surface area contributed by atoms with Gasteiger partial charge in [0.05, 0.1) is 18.5 Å². The van der Waals surface area contributed by atoms with E-state index in [9.17, 15) is 9.59 Å². The summed E-state index contributed by atoms with van der Waals surface area (Å²) < 4.78 is 17.3. The van der Waals surface area contributed by atoms with Gasteiger partial charge in [-0.2, -0.15) is 0 Å². The van der Waals surface area contributed by atoms with Gasteiger partial charge in [-0.3, -0.25) is 4.79 Å². The smallest absolute Gasteiger partial charge is 0.410 e. The molecule has 0 aromatic heterocycles. The van der Waals surface area contributed by atoms with Gasteiger partial charge in [0, 0.05) is 38.0 Å². The fourth-order valence-corrected chi connectivity index (χ4v) is 5.12. The average molecular weight is 558 g/mol. The van der Waals surface area contributed by atoms with Gasteiger partial charge >= 0.3 is 6.09 Å².